The van der Waals surface area contributed by atoms with Crippen molar-refractivity contribution in [3.63, 3.8) is 0 Å². The summed E-state index contributed by atoms with van der Waals surface area (Å²) in [5.41, 5.74) is -0.0126. The fraction of sp³-hybridized carbons (Fsp3) is 0.111. The molecule has 3 rings (SSSR count). The minimum absolute atomic E-state index is 0.00424. The van der Waals surface area contributed by atoms with E-state index in [0.717, 1.165) is 17.0 Å². The summed E-state index contributed by atoms with van der Waals surface area (Å²) in [4.78, 5) is 25.7. The molecule has 134 valence electrons. The number of hydrogen-bond donors (Lipinski definition) is 0. The number of hydrogen-bond acceptors (Lipinski definition) is 3. The highest BCUT2D eigenvalue weighted by Crippen LogP contribution is 2.35. The average Bonchev–Trinajstić information content (AvgIpc) is 2.84. The van der Waals surface area contributed by atoms with Crippen molar-refractivity contribution in [2.24, 2.45) is 0 Å². The molecule has 0 saturated carbocycles. The van der Waals surface area contributed by atoms with Crippen LogP contribution in [0, 0.1) is 0 Å². The number of carbonyl (C=O) groups is 2. The maximum absolute atomic E-state index is 12.8. The first-order valence-electron chi connectivity index (χ1n) is 7.42. The van der Waals surface area contributed by atoms with Crippen molar-refractivity contribution in [1.82, 2.24) is 4.90 Å². The van der Waals surface area contributed by atoms with Crippen molar-refractivity contribution >= 4 is 40.6 Å². The summed E-state index contributed by atoms with van der Waals surface area (Å²) in [6.07, 6.45) is -3.19. The number of thioether (sulfide) groups is 1. The van der Waals surface area contributed by atoms with Crippen LogP contribution in [0.1, 0.15) is 16.7 Å². The average molecular weight is 398 g/mol. The summed E-state index contributed by atoms with van der Waals surface area (Å²) in [6, 6.07) is 11.4. The molecular weight excluding hydrogens is 387 g/mol. The molecule has 8 heteroatoms. The van der Waals surface area contributed by atoms with E-state index in [0.29, 0.717) is 22.3 Å². The van der Waals surface area contributed by atoms with Crippen molar-refractivity contribution in [3.05, 3.63) is 75.1 Å². The molecule has 1 aliphatic heterocycles. The van der Waals surface area contributed by atoms with Crippen molar-refractivity contribution in [3.8, 4) is 0 Å². The molecule has 0 spiro atoms. The zero-order valence-corrected chi connectivity index (χ0v) is 14.7. The van der Waals surface area contributed by atoms with Crippen LogP contribution in [-0.2, 0) is 17.5 Å². The molecule has 0 N–H and O–H groups in total. The second-order valence-corrected chi connectivity index (χ2v) is 6.88. The van der Waals surface area contributed by atoms with Crippen molar-refractivity contribution in [2.75, 3.05) is 0 Å². The Balaban J connectivity index is 1.85. The lowest BCUT2D eigenvalue weighted by Crippen LogP contribution is -2.27. The molecule has 0 radical (unpaired) electrons. The van der Waals surface area contributed by atoms with E-state index in [9.17, 15) is 22.8 Å². The predicted octanol–water partition coefficient (Wildman–Crippen LogP) is 5.60. The Bertz CT molecular complexity index is 911. The SMILES string of the molecule is O=C1S/C(=C/c2cccc(C(F)(F)F)c2)C(=O)N1Cc1ccccc1Cl. The number of halogens is 4. The summed E-state index contributed by atoms with van der Waals surface area (Å²) in [5, 5.41) is -0.0680. The highest BCUT2D eigenvalue weighted by Gasteiger charge is 2.35. The Labute approximate surface area is 156 Å². The normalized spacial score (nSPS) is 16.6. The van der Waals surface area contributed by atoms with Crippen LogP contribution in [0.4, 0.5) is 18.0 Å². The van der Waals surface area contributed by atoms with E-state index < -0.39 is 22.9 Å². The van der Waals surface area contributed by atoms with Gasteiger partial charge in [-0.3, -0.25) is 14.5 Å². The highest BCUT2D eigenvalue weighted by atomic mass is 35.5. The van der Waals surface area contributed by atoms with E-state index in [2.05, 4.69) is 0 Å². The molecule has 2 aromatic rings. The van der Waals surface area contributed by atoms with E-state index in [1.165, 1.54) is 18.2 Å². The van der Waals surface area contributed by atoms with Gasteiger partial charge in [-0.25, -0.2) is 0 Å². The monoisotopic (exact) mass is 397 g/mol. The number of nitrogens with zero attached hydrogens (tertiary/aromatic N) is 1. The van der Waals surface area contributed by atoms with Crippen LogP contribution in [-0.4, -0.2) is 16.0 Å². The Kier molecular flexibility index (Phi) is 5.11. The third-order valence-electron chi connectivity index (χ3n) is 3.67. The molecule has 1 saturated heterocycles. The molecule has 1 fully saturated rings. The van der Waals surface area contributed by atoms with Crippen LogP contribution < -0.4 is 0 Å². The number of carbonyl (C=O) groups excluding carboxylic acids is 2. The van der Waals surface area contributed by atoms with Gasteiger partial charge in [0.1, 0.15) is 0 Å². The van der Waals surface area contributed by atoms with Crippen LogP contribution in [0.2, 0.25) is 5.02 Å². The molecule has 3 nitrogen and oxygen atoms in total. The minimum Gasteiger partial charge on any atom is -0.268 e. The molecule has 0 bridgehead atoms. The highest BCUT2D eigenvalue weighted by molar-refractivity contribution is 8.18. The second kappa shape index (κ2) is 7.17. The van der Waals surface area contributed by atoms with E-state index in [1.54, 1.807) is 24.3 Å². The summed E-state index contributed by atoms with van der Waals surface area (Å²) in [6.45, 7) is 0.00424. The van der Waals surface area contributed by atoms with E-state index >= 15 is 0 Å². The number of benzene rings is 2. The first-order chi connectivity index (χ1) is 12.3. The fourth-order valence-electron chi connectivity index (χ4n) is 2.39. The second-order valence-electron chi connectivity index (χ2n) is 5.48. The largest absolute Gasteiger partial charge is 0.416 e. The van der Waals surface area contributed by atoms with Gasteiger partial charge < -0.3 is 0 Å². The Morgan fingerprint density at radius 3 is 2.50 bits per heavy atom. The van der Waals surface area contributed by atoms with E-state index in [1.807, 2.05) is 0 Å². The van der Waals surface area contributed by atoms with Crippen molar-refractivity contribution in [1.29, 1.82) is 0 Å². The number of amides is 2. The summed E-state index contributed by atoms with van der Waals surface area (Å²) >= 11 is 6.74. The molecule has 26 heavy (non-hydrogen) atoms. The lowest BCUT2D eigenvalue weighted by Gasteiger charge is -2.13. The molecular formula is C18H11ClF3NO2S. The van der Waals surface area contributed by atoms with Crippen LogP contribution in [0.3, 0.4) is 0 Å². The van der Waals surface area contributed by atoms with Gasteiger partial charge >= 0.3 is 6.18 Å². The van der Waals surface area contributed by atoms with Crippen LogP contribution in [0.5, 0.6) is 0 Å². The van der Waals surface area contributed by atoms with Gasteiger partial charge in [0, 0.05) is 5.02 Å². The van der Waals surface area contributed by atoms with E-state index in [-0.39, 0.29) is 17.0 Å². The number of imide groups is 1. The third-order valence-corrected chi connectivity index (χ3v) is 4.95. The first-order valence-corrected chi connectivity index (χ1v) is 8.61. The molecule has 0 atom stereocenters. The van der Waals surface area contributed by atoms with Gasteiger partial charge in [0.2, 0.25) is 0 Å². The van der Waals surface area contributed by atoms with Crippen LogP contribution in [0.25, 0.3) is 6.08 Å². The summed E-state index contributed by atoms with van der Waals surface area (Å²) in [7, 11) is 0. The quantitative estimate of drug-likeness (QED) is 0.633. The van der Waals surface area contributed by atoms with Gasteiger partial charge in [-0.05, 0) is 47.2 Å². The molecule has 2 amide bonds. The van der Waals surface area contributed by atoms with E-state index in [4.69, 9.17) is 11.6 Å². The zero-order valence-electron chi connectivity index (χ0n) is 13.1. The molecule has 1 heterocycles. The third kappa shape index (κ3) is 3.94. The molecule has 0 aliphatic carbocycles. The van der Waals surface area contributed by atoms with Gasteiger partial charge in [-0.1, -0.05) is 41.9 Å². The van der Waals surface area contributed by atoms with Crippen molar-refractivity contribution < 1.29 is 22.8 Å². The van der Waals surface area contributed by atoms with Gasteiger partial charge in [0.05, 0.1) is 17.0 Å². The first kappa shape index (κ1) is 18.5. The Hall–Kier alpha value is -2.25. The summed E-state index contributed by atoms with van der Waals surface area (Å²) in [5.74, 6) is -0.558. The summed E-state index contributed by atoms with van der Waals surface area (Å²) < 4.78 is 38.4. The molecule has 1 aliphatic rings. The lowest BCUT2D eigenvalue weighted by atomic mass is 10.1. The fourth-order valence-corrected chi connectivity index (χ4v) is 3.42. The Morgan fingerprint density at radius 1 is 1.08 bits per heavy atom. The number of alkyl halides is 3. The standard InChI is InChI=1S/C18H11ClF3NO2S/c19-14-7-2-1-5-12(14)10-23-16(24)15(26-17(23)25)9-11-4-3-6-13(8-11)18(20,21)22/h1-9H,10H2/b15-9+. The van der Waals surface area contributed by atoms with Crippen LogP contribution >= 0.6 is 23.4 Å². The molecule has 2 aromatic carbocycles. The molecule has 0 aromatic heterocycles. The predicted molar refractivity (Wildman–Crippen MR) is 94.4 cm³/mol. The number of rotatable bonds is 3. The molecule has 0 unspecified atom stereocenters. The minimum atomic E-state index is -4.48. The topological polar surface area (TPSA) is 37.4 Å². The Morgan fingerprint density at radius 2 is 1.81 bits per heavy atom. The maximum Gasteiger partial charge on any atom is 0.416 e. The smallest absolute Gasteiger partial charge is 0.268 e. The maximum atomic E-state index is 12.8. The van der Waals surface area contributed by atoms with Gasteiger partial charge in [0.15, 0.2) is 0 Å². The van der Waals surface area contributed by atoms with Gasteiger partial charge in [-0.2, -0.15) is 13.2 Å². The van der Waals surface area contributed by atoms with Crippen LogP contribution in [0.15, 0.2) is 53.4 Å². The van der Waals surface area contributed by atoms with Gasteiger partial charge in [-0.15, -0.1) is 0 Å². The van der Waals surface area contributed by atoms with Crippen molar-refractivity contribution in [2.45, 2.75) is 12.7 Å². The van der Waals surface area contributed by atoms with Gasteiger partial charge in [0.25, 0.3) is 11.1 Å². The zero-order chi connectivity index (χ0) is 18.9. The lowest BCUT2D eigenvalue weighted by molar-refractivity contribution is -0.137.